The number of aliphatic hydroxyl groups excluding tert-OH is 1. The number of aromatic nitrogens is 2. The molecule has 1 unspecified atom stereocenters. The average molecular weight is 289 g/mol. The SMILES string of the molecule is O=C(CC(O)Cc1ccccc1)Nc1cn[nH]c1C(=O)O. The van der Waals surface area contributed by atoms with Gasteiger partial charge in [0.1, 0.15) is 0 Å². The van der Waals surface area contributed by atoms with E-state index in [0.29, 0.717) is 6.42 Å². The van der Waals surface area contributed by atoms with Crippen molar-refractivity contribution < 1.29 is 19.8 Å². The first kappa shape index (κ1) is 14.7. The van der Waals surface area contributed by atoms with E-state index in [-0.39, 0.29) is 17.8 Å². The number of carboxylic acids is 1. The Hall–Kier alpha value is -2.67. The van der Waals surface area contributed by atoms with Gasteiger partial charge in [0.15, 0.2) is 5.69 Å². The van der Waals surface area contributed by atoms with Gasteiger partial charge in [0, 0.05) is 0 Å². The molecule has 7 nitrogen and oxygen atoms in total. The van der Waals surface area contributed by atoms with Crippen LogP contribution in [0.4, 0.5) is 5.69 Å². The minimum absolute atomic E-state index is 0.0828. The summed E-state index contributed by atoms with van der Waals surface area (Å²) in [5.41, 5.74) is 0.813. The average Bonchev–Trinajstić information content (AvgIpc) is 2.87. The number of nitrogens with one attached hydrogen (secondary N) is 2. The lowest BCUT2D eigenvalue weighted by atomic mass is 10.1. The number of nitrogens with zero attached hydrogens (tertiary/aromatic N) is 1. The molecule has 0 saturated heterocycles. The number of carbonyl (C=O) groups is 2. The van der Waals surface area contributed by atoms with E-state index in [1.54, 1.807) is 0 Å². The summed E-state index contributed by atoms with van der Waals surface area (Å²) in [6.45, 7) is 0. The molecule has 0 bridgehead atoms. The summed E-state index contributed by atoms with van der Waals surface area (Å²) in [7, 11) is 0. The maximum atomic E-state index is 11.8. The van der Waals surface area contributed by atoms with Crippen molar-refractivity contribution in [2.24, 2.45) is 0 Å². The van der Waals surface area contributed by atoms with Gasteiger partial charge in [-0.25, -0.2) is 4.79 Å². The van der Waals surface area contributed by atoms with E-state index in [2.05, 4.69) is 15.5 Å². The van der Waals surface area contributed by atoms with Crippen LogP contribution in [0, 0.1) is 0 Å². The Kier molecular flexibility index (Phi) is 4.68. The molecule has 1 aromatic heterocycles. The molecule has 0 saturated carbocycles. The van der Waals surface area contributed by atoms with Crippen LogP contribution in [0.2, 0.25) is 0 Å². The molecule has 7 heteroatoms. The van der Waals surface area contributed by atoms with Crippen molar-refractivity contribution in [3.8, 4) is 0 Å². The highest BCUT2D eigenvalue weighted by atomic mass is 16.4. The van der Waals surface area contributed by atoms with Crippen LogP contribution in [-0.4, -0.2) is 38.4 Å². The first-order chi connectivity index (χ1) is 10.1. The van der Waals surface area contributed by atoms with Gasteiger partial charge in [-0.3, -0.25) is 9.89 Å². The Morgan fingerprint density at radius 1 is 1.29 bits per heavy atom. The predicted molar refractivity (Wildman–Crippen MR) is 74.9 cm³/mol. The molecular weight excluding hydrogens is 274 g/mol. The van der Waals surface area contributed by atoms with Crippen LogP contribution >= 0.6 is 0 Å². The minimum atomic E-state index is -1.22. The highest BCUT2D eigenvalue weighted by Gasteiger charge is 2.17. The van der Waals surface area contributed by atoms with Gasteiger partial charge >= 0.3 is 5.97 Å². The lowest BCUT2D eigenvalue weighted by Crippen LogP contribution is -2.22. The van der Waals surface area contributed by atoms with Gasteiger partial charge in [-0.15, -0.1) is 0 Å². The molecule has 1 amide bonds. The zero-order chi connectivity index (χ0) is 15.2. The van der Waals surface area contributed by atoms with Crippen molar-refractivity contribution in [2.45, 2.75) is 18.9 Å². The first-order valence-corrected chi connectivity index (χ1v) is 6.34. The van der Waals surface area contributed by atoms with Crippen molar-refractivity contribution in [1.29, 1.82) is 0 Å². The molecule has 0 aliphatic rings. The fourth-order valence-corrected chi connectivity index (χ4v) is 1.92. The number of aromatic amines is 1. The molecule has 2 rings (SSSR count). The topological polar surface area (TPSA) is 115 Å². The van der Waals surface area contributed by atoms with Crippen molar-refractivity contribution in [2.75, 3.05) is 5.32 Å². The standard InChI is InChI=1S/C14H15N3O4/c18-10(6-9-4-2-1-3-5-9)7-12(19)16-11-8-15-17-13(11)14(20)21/h1-5,8,10,18H,6-7H2,(H,15,17)(H,16,19)(H,20,21). The van der Waals surface area contributed by atoms with Crippen LogP contribution < -0.4 is 5.32 Å². The third-order valence-corrected chi connectivity index (χ3v) is 2.86. The van der Waals surface area contributed by atoms with Crippen molar-refractivity contribution in [3.63, 3.8) is 0 Å². The maximum Gasteiger partial charge on any atom is 0.356 e. The number of rotatable bonds is 6. The van der Waals surface area contributed by atoms with Crippen LogP contribution in [0.3, 0.4) is 0 Å². The number of amides is 1. The third kappa shape index (κ3) is 4.15. The predicted octanol–water partition coefficient (Wildman–Crippen LogP) is 1.04. The zero-order valence-electron chi connectivity index (χ0n) is 11.1. The number of H-pyrrole nitrogens is 1. The molecule has 1 aromatic carbocycles. The number of aliphatic hydroxyl groups is 1. The van der Waals surface area contributed by atoms with Crippen LogP contribution in [0.5, 0.6) is 0 Å². The highest BCUT2D eigenvalue weighted by Crippen LogP contribution is 2.13. The van der Waals surface area contributed by atoms with Crippen LogP contribution in [-0.2, 0) is 11.2 Å². The second-order valence-electron chi connectivity index (χ2n) is 4.56. The molecule has 0 radical (unpaired) electrons. The van der Waals surface area contributed by atoms with E-state index < -0.39 is 18.0 Å². The fraction of sp³-hybridized carbons (Fsp3) is 0.214. The summed E-state index contributed by atoms with van der Waals surface area (Å²) < 4.78 is 0. The van der Waals surface area contributed by atoms with E-state index in [1.807, 2.05) is 30.3 Å². The Balaban J connectivity index is 1.89. The summed E-state index contributed by atoms with van der Waals surface area (Å²) in [6, 6.07) is 9.30. The second-order valence-corrected chi connectivity index (χ2v) is 4.56. The largest absolute Gasteiger partial charge is 0.476 e. The number of aromatic carboxylic acids is 1. The number of benzene rings is 1. The van der Waals surface area contributed by atoms with Gasteiger partial charge in [0.25, 0.3) is 0 Å². The molecule has 1 atom stereocenters. The van der Waals surface area contributed by atoms with Gasteiger partial charge in [-0.2, -0.15) is 5.10 Å². The first-order valence-electron chi connectivity index (χ1n) is 6.34. The quantitative estimate of drug-likeness (QED) is 0.634. The smallest absolute Gasteiger partial charge is 0.356 e. The molecular formula is C14H15N3O4. The number of carbonyl (C=O) groups excluding carboxylic acids is 1. The monoisotopic (exact) mass is 289 g/mol. The minimum Gasteiger partial charge on any atom is -0.476 e. The summed E-state index contributed by atoms with van der Waals surface area (Å²) in [6.07, 6.45) is 0.600. The number of hydrogen-bond donors (Lipinski definition) is 4. The lowest BCUT2D eigenvalue weighted by molar-refractivity contribution is -0.118. The Morgan fingerprint density at radius 3 is 2.67 bits per heavy atom. The lowest BCUT2D eigenvalue weighted by Gasteiger charge is -2.10. The van der Waals surface area contributed by atoms with Gasteiger partial charge in [-0.05, 0) is 12.0 Å². The summed E-state index contributed by atoms with van der Waals surface area (Å²) in [5, 5.41) is 27.0. The highest BCUT2D eigenvalue weighted by molar-refractivity contribution is 5.99. The van der Waals surface area contributed by atoms with Crippen molar-refractivity contribution in [3.05, 3.63) is 47.8 Å². The summed E-state index contributed by atoms with van der Waals surface area (Å²) in [4.78, 5) is 22.6. The Bertz CT molecular complexity index is 624. The molecule has 1 heterocycles. The molecule has 21 heavy (non-hydrogen) atoms. The van der Waals surface area contributed by atoms with E-state index in [9.17, 15) is 14.7 Å². The van der Waals surface area contributed by atoms with Gasteiger partial charge in [-0.1, -0.05) is 30.3 Å². The van der Waals surface area contributed by atoms with E-state index in [0.717, 1.165) is 5.56 Å². The number of carboxylic acid groups (broad SMARTS) is 1. The molecule has 0 spiro atoms. The molecule has 0 aliphatic carbocycles. The van der Waals surface area contributed by atoms with Crippen LogP contribution in [0.1, 0.15) is 22.5 Å². The fourth-order valence-electron chi connectivity index (χ4n) is 1.92. The van der Waals surface area contributed by atoms with Gasteiger partial charge < -0.3 is 15.5 Å². The zero-order valence-corrected chi connectivity index (χ0v) is 11.1. The van der Waals surface area contributed by atoms with E-state index >= 15 is 0 Å². The van der Waals surface area contributed by atoms with Gasteiger partial charge in [0.05, 0.1) is 24.4 Å². The Labute approximate surface area is 120 Å². The summed E-state index contributed by atoms with van der Waals surface area (Å²) >= 11 is 0. The molecule has 0 aliphatic heterocycles. The third-order valence-electron chi connectivity index (χ3n) is 2.86. The summed E-state index contributed by atoms with van der Waals surface area (Å²) in [5.74, 6) is -1.69. The Morgan fingerprint density at radius 2 is 2.00 bits per heavy atom. The number of hydrogen-bond acceptors (Lipinski definition) is 4. The van der Waals surface area contributed by atoms with Gasteiger partial charge in [0.2, 0.25) is 5.91 Å². The number of anilines is 1. The normalized spacial score (nSPS) is 11.9. The maximum absolute atomic E-state index is 11.8. The van der Waals surface area contributed by atoms with Crippen LogP contribution in [0.25, 0.3) is 0 Å². The molecule has 2 aromatic rings. The van der Waals surface area contributed by atoms with E-state index in [1.165, 1.54) is 6.20 Å². The van der Waals surface area contributed by atoms with Crippen molar-refractivity contribution in [1.82, 2.24) is 10.2 Å². The molecule has 110 valence electrons. The molecule has 4 N–H and O–H groups in total. The molecule has 0 fully saturated rings. The van der Waals surface area contributed by atoms with E-state index in [4.69, 9.17) is 5.11 Å². The van der Waals surface area contributed by atoms with Crippen molar-refractivity contribution >= 4 is 17.6 Å². The second kappa shape index (κ2) is 6.67. The van der Waals surface area contributed by atoms with Crippen LogP contribution in [0.15, 0.2) is 36.5 Å².